The number of fused-ring (bicyclic) bond motifs is 2. The van der Waals surface area contributed by atoms with Crippen molar-refractivity contribution in [3.8, 4) is 0 Å². The molecule has 0 aliphatic carbocycles. The van der Waals surface area contributed by atoms with E-state index in [1.54, 1.807) is 18.2 Å². The average molecular weight is 399 g/mol. The van der Waals surface area contributed by atoms with Crippen molar-refractivity contribution in [3.05, 3.63) is 66.2 Å². The number of rotatable bonds is 3. The van der Waals surface area contributed by atoms with Crippen LogP contribution in [-0.4, -0.2) is 20.2 Å². The molecule has 0 radical (unpaired) electrons. The van der Waals surface area contributed by atoms with Crippen LogP contribution in [0, 0.1) is 0 Å². The minimum absolute atomic E-state index is 0.0815. The highest BCUT2D eigenvalue weighted by molar-refractivity contribution is 7.92. The second-order valence-corrected chi connectivity index (χ2v) is 8.59. The van der Waals surface area contributed by atoms with Crippen LogP contribution in [0.15, 0.2) is 65.6 Å². The molecule has 5 nitrogen and oxygen atoms in total. The Morgan fingerprint density at radius 2 is 1.85 bits per heavy atom. The molecule has 0 amide bonds. The third-order valence-electron chi connectivity index (χ3n) is 4.57. The molecule has 1 aliphatic heterocycles. The van der Waals surface area contributed by atoms with Crippen LogP contribution in [0.3, 0.4) is 0 Å². The summed E-state index contributed by atoms with van der Waals surface area (Å²) in [7, 11) is -3.70. The first-order chi connectivity index (χ1) is 12.9. The maximum absolute atomic E-state index is 12.8. The van der Waals surface area contributed by atoms with Crippen molar-refractivity contribution in [2.24, 2.45) is 0 Å². The molecule has 138 valence electrons. The van der Waals surface area contributed by atoms with Crippen molar-refractivity contribution in [1.29, 1.82) is 0 Å². The van der Waals surface area contributed by atoms with E-state index in [4.69, 9.17) is 17.0 Å². The third-order valence-corrected chi connectivity index (χ3v) is 6.17. The summed E-state index contributed by atoms with van der Waals surface area (Å²) in [6.07, 6.45) is 0. The zero-order valence-electron chi connectivity index (χ0n) is 14.6. The summed E-state index contributed by atoms with van der Waals surface area (Å²) in [6, 6.07) is 18.1. The largest absolute Gasteiger partial charge is 0.470 e. The predicted molar refractivity (Wildman–Crippen MR) is 112 cm³/mol. The Morgan fingerprint density at radius 3 is 2.67 bits per heavy atom. The van der Waals surface area contributed by atoms with Crippen LogP contribution in [0.25, 0.3) is 10.8 Å². The molecule has 0 aromatic heterocycles. The summed E-state index contributed by atoms with van der Waals surface area (Å²) in [5, 5.41) is 5.23. The fraction of sp³-hybridized carbons (Fsp3) is 0.150. The van der Waals surface area contributed by atoms with Crippen LogP contribution < -0.4 is 10.0 Å². The van der Waals surface area contributed by atoms with Crippen LogP contribution >= 0.6 is 12.2 Å². The first-order valence-electron chi connectivity index (χ1n) is 8.52. The molecule has 1 unspecified atom stereocenters. The highest BCUT2D eigenvalue weighted by Gasteiger charge is 2.20. The zero-order chi connectivity index (χ0) is 19.0. The van der Waals surface area contributed by atoms with Gasteiger partial charge in [-0.25, -0.2) is 8.42 Å². The number of ether oxygens (including phenoxy) is 1. The van der Waals surface area contributed by atoms with Gasteiger partial charge in [0, 0.05) is 17.3 Å². The second kappa shape index (κ2) is 6.83. The highest BCUT2D eigenvalue weighted by Crippen LogP contribution is 2.31. The van der Waals surface area contributed by atoms with Gasteiger partial charge in [0.25, 0.3) is 15.2 Å². The maximum Gasteiger partial charge on any atom is 0.261 e. The molecule has 3 aromatic carbocycles. The van der Waals surface area contributed by atoms with Gasteiger partial charge in [0.1, 0.15) is 0 Å². The van der Waals surface area contributed by atoms with Gasteiger partial charge in [0.2, 0.25) is 0 Å². The Balaban J connectivity index is 1.67. The van der Waals surface area contributed by atoms with Gasteiger partial charge in [-0.15, -0.1) is 0 Å². The summed E-state index contributed by atoms with van der Waals surface area (Å²) in [5.74, 6) is 0.0815. The average Bonchev–Trinajstić information content (AvgIpc) is 2.80. The Bertz CT molecular complexity index is 1140. The molecule has 4 rings (SSSR count). The molecule has 0 saturated carbocycles. The third kappa shape index (κ3) is 3.61. The lowest BCUT2D eigenvalue weighted by Gasteiger charge is -2.14. The van der Waals surface area contributed by atoms with Crippen LogP contribution in [0.5, 0.6) is 0 Å². The highest BCUT2D eigenvalue weighted by atomic mass is 32.2. The van der Waals surface area contributed by atoms with Crippen molar-refractivity contribution >= 4 is 49.6 Å². The van der Waals surface area contributed by atoms with E-state index in [1.807, 2.05) is 49.4 Å². The van der Waals surface area contributed by atoms with Crippen molar-refractivity contribution < 1.29 is 13.2 Å². The van der Waals surface area contributed by atoms with Crippen molar-refractivity contribution in [2.45, 2.75) is 17.7 Å². The van der Waals surface area contributed by atoms with E-state index < -0.39 is 10.0 Å². The summed E-state index contributed by atoms with van der Waals surface area (Å²) in [6.45, 7) is 2.45. The SMILES string of the molecule is CC1COC(=S)Nc2ccc(NS(=O)(=O)c3ccc4ccccc4c3)cc21. The summed E-state index contributed by atoms with van der Waals surface area (Å²) in [4.78, 5) is 0.229. The fourth-order valence-corrected chi connectivity index (χ4v) is 4.40. The number of anilines is 2. The van der Waals surface area contributed by atoms with Gasteiger partial charge in [0.05, 0.1) is 11.5 Å². The van der Waals surface area contributed by atoms with Gasteiger partial charge in [-0.05, 0) is 58.9 Å². The molecule has 1 atom stereocenters. The first kappa shape index (κ1) is 17.8. The predicted octanol–water partition coefficient (Wildman–Crippen LogP) is 4.47. The topological polar surface area (TPSA) is 67.4 Å². The normalized spacial score (nSPS) is 16.8. The van der Waals surface area contributed by atoms with Gasteiger partial charge >= 0.3 is 0 Å². The molecule has 0 fully saturated rings. The van der Waals surface area contributed by atoms with Gasteiger partial charge in [0.15, 0.2) is 0 Å². The summed E-state index contributed by atoms with van der Waals surface area (Å²) in [5.41, 5.74) is 2.29. The van der Waals surface area contributed by atoms with E-state index in [0.29, 0.717) is 17.5 Å². The zero-order valence-corrected chi connectivity index (χ0v) is 16.2. The van der Waals surface area contributed by atoms with E-state index in [-0.39, 0.29) is 10.8 Å². The Labute approximate surface area is 163 Å². The monoisotopic (exact) mass is 398 g/mol. The van der Waals surface area contributed by atoms with Crippen molar-refractivity contribution in [1.82, 2.24) is 0 Å². The molecular weight excluding hydrogens is 380 g/mol. The molecule has 2 N–H and O–H groups in total. The molecule has 0 spiro atoms. The Hall–Kier alpha value is -2.64. The van der Waals surface area contributed by atoms with Crippen LogP contribution in [-0.2, 0) is 14.8 Å². The molecule has 0 bridgehead atoms. The number of benzene rings is 3. The summed E-state index contributed by atoms with van der Waals surface area (Å²) >= 11 is 5.10. The fourth-order valence-electron chi connectivity index (χ4n) is 3.13. The number of sulfonamides is 1. The molecule has 1 aliphatic rings. The standard InChI is InChI=1S/C20H18N2O3S2/c1-13-12-25-20(26)21-19-9-7-16(11-18(13)19)22-27(23,24)17-8-6-14-4-2-3-5-15(14)10-17/h2-11,13,22H,12H2,1H3,(H,21,26). The maximum atomic E-state index is 12.8. The van der Waals surface area contributed by atoms with Gasteiger partial charge in [-0.1, -0.05) is 37.3 Å². The van der Waals surface area contributed by atoms with Crippen LogP contribution in [0.2, 0.25) is 0 Å². The second-order valence-electron chi connectivity index (χ2n) is 6.54. The lowest BCUT2D eigenvalue weighted by molar-refractivity contribution is 0.294. The quantitative estimate of drug-likeness (QED) is 0.637. The minimum Gasteiger partial charge on any atom is -0.470 e. The lowest BCUT2D eigenvalue weighted by atomic mass is 10.00. The number of hydrogen-bond donors (Lipinski definition) is 2. The first-order valence-corrected chi connectivity index (χ1v) is 10.4. The molecule has 0 saturated heterocycles. The molecule has 27 heavy (non-hydrogen) atoms. The Morgan fingerprint density at radius 1 is 1.07 bits per heavy atom. The smallest absolute Gasteiger partial charge is 0.261 e. The summed E-state index contributed by atoms with van der Waals surface area (Å²) < 4.78 is 33.8. The van der Waals surface area contributed by atoms with Crippen molar-refractivity contribution in [2.75, 3.05) is 16.6 Å². The van der Waals surface area contributed by atoms with Gasteiger partial charge < -0.3 is 10.1 Å². The number of thiocarbonyl (C=S) groups is 1. The minimum atomic E-state index is -3.70. The van der Waals surface area contributed by atoms with Crippen LogP contribution in [0.4, 0.5) is 11.4 Å². The Kier molecular flexibility index (Phi) is 4.49. The molecule has 7 heteroatoms. The molecular formula is C20H18N2O3S2. The van der Waals surface area contributed by atoms with E-state index in [1.165, 1.54) is 0 Å². The van der Waals surface area contributed by atoms with Crippen LogP contribution in [0.1, 0.15) is 18.4 Å². The van der Waals surface area contributed by atoms with Gasteiger partial charge in [-0.2, -0.15) is 0 Å². The van der Waals surface area contributed by atoms with Crippen molar-refractivity contribution in [3.63, 3.8) is 0 Å². The lowest BCUT2D eigenvalue weighted by Crippen LogP contribution is -2.13. The van der Waals surface area contributed by atoms with E-state index >= 15 is 0 Å². The number of hydrogen-bond acceptors (Lipinski definition) is 4. The molecule has 3 aromatic rings. The van der Waals surface area contributed by atoms with E-state index in [0.717, 1.165) is 22.0 Å². The van der Waals surface area contributed by atoms with E-state index in [2.05, 4.69) is 10.0 Å². The van der Waals surface area contributed by atoms with E-state index in [9.17, 15) is 8.42 Å². The number of nitrogens with one attached hydrogen (secondary N) is 2. The van der Waals surface area contributed by atoms with Gasteiger partial charge in [-0.3, -0.25) is 4.72 Å². The molecule has 1 heterocycles.